The number of hydrogen-bond acceptors (Lipinski definition) is 3. The largest absolute Gasteiger partial charge is 0.392 e. The van der Waals surface area contributed by atoms with E-state index >= 15 is 0 Å². The van der Waals surface area contributed by atoms with Crippen molar-refractivity contribution in [1.82, 2.24) is 5.32 Å². The Morgan fingerprint density at radius 1 is 1.58 bits per heavy atom. The van der Waals surface area contributed by atoms with Crippen molar-refractivity contribution in [2.45, 2.75) is 31.9 Å². The topological polar surface area (TPSA) is 49.3 Å². The lowest BCUT2D eigenvalue weighted by Gasteiger charge is -2.23. The second kappa shape index (κ2) is 4.94. The summed E-state index contributed by atoms with van der Waals surface area (Å²) in [6, 6.07) is 0.470. The molecule has 3 nitrogen and oxygen atoms in total. The standard InChI is InChI=1S/C8H17NO2S/c1-7(10)6-9-8-2-4-12(11)5-3-8/h7-10H,2-6H2,1H3. The Balaban J connectivity index is 2.13. The molecule has 12 heavy (non-hydrogen) atoms. The van der Waals surface area contributed by atoms with Crippen LogP contribution in [0.4, 0.5) is 0 Å². The van der Waals surface area contributed by atoms with Gasteiger partial charge in [-0.3, -0.25) is 4.21 Å². The van der Waals surface area contributed by atoms with E-state index in [9.17, 15) is 4.21 Å². The number of rotatable bonds is 3. The summed E-state index contributed by atoms with van der Waals surface area (Å²) in [5, 5.41) is 12.3. The Labute approximate surface area is 76.0 Å². The molecule has 0 aromatic carbocycles. The quantitative estimate of drug-likeness (QED) is 0.653. The Kier molecular flexibility index (Phi) is 4.18. The highest BCUT2D eigenvalue weighted by molar-refractivity contribution is 7.85. The van der Waals surface area contributed by atoms with Crippen LogP contribution in [0.1, 0.15) is 19.8 Å². The van der Waals surface area contributed by atoms with Crippen molar-refractivity contribution in [3.8, 4) is 0 Å². The summed E-state index contributed by atoms with van der Waals surface area (Å²) in [4.78, 5) is 0. The van der Waals surface area contributed by atoms with Gasteiger partial charge in [-0.15, -0.1) is 0 Å². The minimum atomic E-state index is -0.578. The molecule has 1 aliphatic rings. The molecule has 0 saturated carbocycles. The average molecular weight is 191 g/mol. The number of nitrogens with one attached hydrogen (secondary N) is 1. The normalized spacial score (nSPS) is 33.2. The van der Waals surface area contributed by atoms with Gasteiger partial charge in [-0.2, -0.15) is 0 Å². The third-order valence-corrected chi connectivity index (χ3v) is 3.47. The lowest BCUT2D eigenvalue weighted by molar-refractivity contribution is 0.185. The summed E-state index contributed by atoms with van der Waals surface area (Å²) in [5.41, 5.74) is 0. The molecular formula is C8H17NO2S. The van der Waals surface area contributed by atoms with Crippen LogP contribution in [0.5, 0.6) is 0 Å². The van der Waals surface area contributed by atoms with Crippen molar-refractivity contribution in [3.05, 3.63) is 0 Å². The Morgan fingerprint density at radius 2 is 2.17 bits per heavy atom. The third kappa shape index (κ3) is 3.65. The van der Waals surface area contributed by atoms with Gasteiger partial charge in [0.15, 0.2) is 0 Å². The highest BCUT2D eigenvalue weighted by Crippen LogP contribution is 2.08. The van der Waals surface area contributed by atoms with Gasteiger partial charge in [0, 0.05) is 34.9 Å². The monoisotopic (exact) mass is 191 g/mol. The van der Waals surface area contributed by atoms with Crippen LogP contribution in [0.2, 0.25) is 0 Å². The number of hydrogen-bond donors (Lipinski definition) is 2. The van der Waals surface area contributed by atoms with Gasteiger partial charge in [-0.1, -0.05) is 0 Å². The molecule has 0 aliphatic carbocycles. The third-order valence-electron chi connectivity index (χ3n) is 2.09. The molecule has 0 aromatic heterocycles. The van der Waals surface area contributed by atoms with Gasteiger partial charge >= 0.3 is 0 Å². The second-order valence-corrected chi connectivity index (χ2v) is 5.08. The molecule has 4 heteroatoms. The molecule has 2 N–H and O–H groups in total. The molecule has 1 saturated heterocycles. The molecule has 1 fully saturated rings. The lowest BCUT2D eigenvalue weighted by atomic mass is 10.1. The fraction of sp³-hybridized carbons (Fsp3) is 1.00. The van der Waals surface area contributed by atoms with Gasteiger partial charge < -0.3 is 10.4 Å². The van der Waals surface area contributed by atoms with Crippen molar-refractivity contribution in [1.29, 1.82) is 0 Å². The maximum Gasteiger partial charge on any atom is 0.0636 e. The predicted octanol–water partition coefficient (Wildman–Crippen LogP) is -0.132. The molecule has 0 amide bonds. The van der Waals surface area contributed by atoms with E-state index in [1.807, 2.05) is 0 Å². The van der Waals surface area contributed by atoms with Crippen LogP contribution in [-0.2, 0) is 10.8 Å². The van der Waals surface area contributed by atoms with E-state index in [1.54, 1.807) is 6.92 Å². The first kappa shape index (κ1) is 10.2. The van der Waals surface area contributed by atoms with E-state index in [4.69, 9.17) is 5.11 Å². The first-order valence-corrected chi connectivity index (χ1v) is 5.93. The van der Waals surface area contributed by atoms with Gasteiger partial charge in [0.25, 0.3) is 0 Å². The van der Waals surface area contributed by atoms with Crippen LogP contribution in [0.15, 0.2) is 0 Å². The van der Waals surface area contributed by atoms with E-state index in [0.717, 1.165) is 24.3 Å². The second-order valence-electron chi connectivity index (χ2n) is 3.38. The Bertz CT molecular complexity index is 151. The van der Waals surface area contributed by atoms with Gasteiger partial charge in [0.05, 0.1) is 6.10 Å². The highest BCUT2D eigenvalue weighted by Gasteiger charge is 2.17. The van der Waals surface area contributed by atoms with Gasteiger partial charge in [0.1, 0.15) is 0 Å². The van der Waals surface area contributed by atoms with E-state index in [1.165, 1.54) is 0 Å². The van der Waals surface area contributed by atoms with Crippen molar-refractivity contribution in [3.63, 3.8) is 0 Å². The molecule has 1 atom stereocenters. The fourth-order valence-electron chi connectivity index (χ4n) is 1.34. The molecule has 0 aromatic rings. The van der Waals surface area contributed by atoms with Crippen LogP contribution in [0.25, 0.3) is 0 Å². The highest BCUT2D eigenvalue weighted by atomic mass is 32.2. The van der Waals surface area contributed by atoms with Crippen molar-refractivity contribution in [2.24, 2.45) is 0 Å². The van der Waals surface area contributed by atoms with Crippen LogP contribution in [-0.4, -0.2) is 39.5 Å². The summed E-state index contributed by atoms with van der Waals surface area (Å²) >= 11 is 0. The van der Waals surface area contributed by atoms with E-state index < -0.39 is 10.8 Å². The summed E-state index contributed by atoms with van der Waals surface area (Å²) in [6.45, 7) is 2.42. The van der Waals surface area contributed by atoms with Crippen molar-refractivity contribution < 1.29 is 9.32 Å². The van der Waals surface area contributed by atoms with E-state index in [-0.39, 0.29) is 6.10 Å². The average Bonchev–Trinajstić information content (AvgIpc) is 2.03. The zero-order chi connectivity index (χ0) is 8.97. The van der Waals surface area contributed by atoms with E-state index in [2.05, 4.69) is 5.32 Å². The SMILES string of the molecule is CC(O)CNC1CCS(=O)CC1. The summed E-state index contributed by atoms with van der Waals surface area (Å²) in [7, 11) is -0.578. The minimum absolute atomic E-state index is 0.280. The van der Waals surface area contributed by atoms with Crippen LogP contribution in [0, 0.1) is 0 Å². The fourth-order valence-corrected chi connectivity index (χ4v) is 2.63. The van der Waals surface area contributed by atoms with Gasteiger partial charge in [-0.05, 0) is 19.8 Å². The first-order chi connectivity index (χ1) is 5.68. The Hall–Kier alpha value is 0.0700. The summed E-state index contributed by atoms with van der Waals surface area (Å²) < 4.78 is 11.0. The van der Waals surface area contributed by atoms with E-state index in [0.29, 0.717) is 12.6 Å². The minimum Gasteiger partial charge on any atom is -0.392 e. The summed E-state index contributed by atoms with van der Waals surface area (Å²) in [5.74, 6) is 1.63. The lowest BCUT2D eigenvalue weighted by Crippen LogP contribution is -2.39. The Morgan fingerprint density at radius 3 is 2.67 bits per heavy atom. The van der Waals surface area contributed by atoms with Crippen LogP contribution >= 0.6 is 0 Å². The molecule has 0 radical (unpaired) electrons. The molecule has 1 heterocycles. The van der Waals surface area contributed by atoms with Gasteiger partial charge in [0.2, 0.25) is 0 Å². The maximum absolute atomic E-state index is 11.0. The number of aliphatic hydroxyl groups is 1. The predicted molar refractivity (Wildman–Crippen MR) is 50.6 cm³/mol. The van der Waals surface area contributed by atoms with Crippen LogP contribution in [0.3, 0.4) is 0 Å². The molecular weight excluding hydrogens is 174 g/mol. The summed E-state index contributed by atoms with van der Waals surface area (Å²) in [6.07, 6.45) is 1.69. The molecule has 0 bridgehead atoms. The van der Waals surface area contributed by atoms with Crippen molar-refractivity contribution >= 4 is 10.8 Å². The maximum atomic E-state index is 11.0. The van der Waals surface area contributed by atoms with Crippen LogP contribution < -0.4 is 5.32 Å². The number of aliphatic hydroxyl groups excluding tert-OH is 1. The molecule has 1 unspecified atom stereocenters. The first-order valence-electron chi connectivity index (χ1n) is 4.45. The molecule has 72 valence electrons. The molecule has 1 rings (SSSR count). The zero-order valence-corrected chi connectivity index (χ0v) is 8.27. The van der Waals surface area contributed by atoms with Crippen molar-refractivity contribution in [2.75, 3.05) is 18.1 Å². The molecule has 0 spiro atoms. The molecule has 1 aliphatic heterocycles. The zero-order valence-electron chi connectivity index (χ0n) is 7.45. The smallest absolute Gasteiger partial charge is 0.0636 e. The van der Waals surface area contributed by atoms with Gasteiger partial charge in [-0.25, -0.2) is 0 Å².